The van der Waals surface area contributed by atoms with Crippen molar-refractivity contribution in [2.75, 3.05) is 51.3 Å². The highest BCUT2D eigenvalue weighted by Crippen LogP contribution is 2.57. The van der Waals surface area contributed by atoms with Gasteiger partial charge in [0.2, 0.25) is 5.91 Å². The zero-order valence-corrected chi connectivity index (χ0v) is 36.7. The minimum absolute atomic E-state index is 0.0555. The van der Waals surface area contributed by atoms with E-state index in [2.05, 4.69) is 16.8 Å². The number of nitrogens with zero attached hydrogens (tertiary/aromatic N) is 5. The Hall–Kier alpha value is -5.02. The number of ether oxygens (including phenoxy) is 4. The average molecular weight is 855 g/mol. The van der Waals surface area contributed by atoms with Gasteiger partial charge >= 0.3 is 11.9 Å². The van der Waals surface area contributed by atoms with E-state index in [4.69, 9.17) is 29.0 Å². The Morgan fingerprint density at radius 2 is 1.81 bits per heavy atom. The Bertz CT molecular complexity index is 2170. The van der Waals surface area contributed by atoms with Crippen LogP contribution in [0.4, 0.5) is 5.82 Å². The molecule has 5 fully saturated rings. The number of carbonyl (C=O) groups excluding carboxylic acids is 3. The third-order valence-electron chi connectivity index (χ3n) is 13.5. The average Bonchev–Trinajstić information content (AvgIpc) is 3.89. The van der Waals surface area contributed by atoms with Crippen LogP contribution in [0.2, 0.25) is 0 Å². The second-order valence-electron chi connectivity index (χ2n) is 19.5. The summed E-state index contributed by atoms with van der Waals surface area (Å²) in [7, 11) is 0. The zero-order chi connectivity index (χ0) is 43.9. The van der Waals surface area contributed by atoms with Crippen molar-refractivity contribution in [1.29, 1.82) is 0 Å². The first-order chi connectivity index (χ1) is 29.6. The smallest absolute Gasteiger partial charge is 0.310 e. The zero-order valence-electron chi connectivity index (χ0n) is 36.7. The molecule has 15 nitrogen and oxygen atoms in total. The van der Waals surface area contributed by atoms with Gasteiger partial charge in [-0.15, -0.1) is 11.7 Å². The van der Waals surface area contributed by atoms with Crippen LogP contribution in [0.3, 0.4) is 0 Å². The van der Waals surface area contributed by atoms with E-state index in [1.54, 1.807) is 16.8 Å². The van der Waals surface area contributed by atoms with Gasteiger partial charge in [-0.3, -0.25) is 24.1 Å². The first-order valence-electron chi connectivity index (χ1n) is 22.4. The second-order valence-corrected chi connectivity index (χ2v) is 19.5. The lowest BCUT2D eigenvalue weighted by atomic mass is 9.77. The van der Waals surface area contributed by atoms with Gasteiger partial charge in [0.1, 0.15) is 36.1 Å². The summed E-state index contributed by atoms with van der Waals surface area (Å²) in [5.41, 5.74) is -1.31. The number of nitrogens with one attached hydrogen (secondary N) is 1. The summed E-state index contributed by atoms with van der Waals surface area (Å²) in [6.45, 7) is 18.1. The largest absolute Gasteiger partial charge is 0.492 e. The summed E-state index contributed by atoms with van der Waals surface area (Å²) in [6, 6.07) is 8.51. The first-order valence-corrected chi connectivity index (χ1v) is 22.4. The minimum Gasteiger partial charge on any atom is -0.492 e. The van der Waals surface area contributed by atoms with Crippen LogP contribution in [0.25, 0.3) is 16.7 Å². The van der Waals surface area contributed by atoms with E-state index >= 15 is 0 Å². The maximum Gasteiger partial charge on any atom is 0.310 e. The predicted octanol–water partition coefficient (Wildman–Crippen LogP) is 5.93. The molecule has 4 heterocycles. The molecular formula is C47H62N6O9. The molecule has 1 amide bonds. The van der Waals surface area contributed by atoms with Crippen LogP contribution >= 0.6 is 0 Å². The van der Waals surface area contributed by atoms with E-state index in [9.17, 15) is 24.3 Å². The van der Waals surface area contributed by atoms with E-state index in [1.165, 1.54) is 11.3 Å². The number of likely N-dealkylation sites (tertiary alicyclic amines) is 1. The molecule has 2 N–H and O–H groups in total. The number of morpholine rings is 1. The lowest BCUT2D eigenvalue weighted by Gasteiger charge is -2.35. The van der Waals surface area contributed by atoms with Crippen molar-refractivity contribution >= 4 is 40.3 Å². The number of allylic oxidation sites excluding steroid dienone is 1. The summed E-state index contributed by atoms with van der Waals surface area (Å²) in [5, 5.41) is 19.0. The van der Waals surface area contributed by atoms with Crippen molar-refractivity contribution < 1.29 is 43.2 Å². The quantitative estimate of drug-likeness (QED) is 0.114. The molecule has 8 atom stereocenters. The number of aliphatic carboxylic acids is 1. The van der Waals surface area contributed by atoms with Crippen molar-refractivity contribution in [2.45, 2.75) is 104 Å². The molecule has 2 aliphatic heterocycles. The van der Waals surface area contributed by atoms with Crippen LogP contribution in [0, 0.1) is 34.5 Å². The molecule has 8 rings (SSSR count). The summed E-state index contributed by atoms with van der Waals surface area (Å²) in [4.78, 5) is 64.1. The van der Waals surface area contributed by atoms with Crippen molar-refractivity contribution in [1.82, 2.24) is 24.6 Å². The molecule has 2 saturated heterocycles. The summed E-state index contributed by atoms with van der Waals surface area (Å²) in [5.74, 6) is 0.269. The summed E-state index contributed by atoms with van der Waals surface area (Å²) >= 11 is 0. The van der Waals surface area contributed by atoms with Gasteiger partial charge in [0.15, 0.2) is 11.6 Å². The number of pyridine rings is 1. The summed E-state index contributed by atoms with van der Waals surface area (Å²) in [6.07, 6.45) is 5.65. The molecule has 62 heavy (non-hydrogen) atoms. The molecule has 15 heteroatoms. The van der Waals surface area contributed by atoms with Crippen LogP contribution in [0.15, 0.2) is 49.2 Å². The maximum atomic E-state index is 14.9. The normalized spacial score (nSPS) is 27.4. The standard InChI is InChI=1S/C47H62N6O9/c1-7-31-25-47(31,45(57)58)26-39(54)38-22-34(27-52(38)44(56)36(46(4,5)6)23-43(55)62-33-19-29-18-30(29)20-33)61-40-24-42(53-11-10-41(50-53)48-28(2)3)49-37-21-32(8-9-35(37)40)60-17-14-51-12-15-59-16-13-51/h7-11,21,24,28-31,33-34,36,38H,1,12-20,22-23,25-27H2,2-6H3,(H,48,50)(H,57,58)/t29-,30?,31+,33?,34+,36+,38-,47+/m0/s1. The Balaban J connectivity index is 1.07. The van der Waals surface area contributed by atoms with Gasteiger partial charge < -0.3 is 34.3 Å². The fourth-order valence-electron chi connectivity index (χ4n) is 9.74. The van der Waals surface area contributed by atoms with Crippen molar-refractivity contribution in [2.24, 2.45) is 34.5 Å². The minimum atomic E-state index is -1.26. The van der Waals surface area contributed by atoms with Crippen molar-refractivity contribution in [3.05, 3.63) is 49.2 Å². The lowest BCUT2D eigenvalue weighted by Crippen LogP contribution is -2.48. The molecule has 2 unspecified atom stereocenters. The number of amides is 1. The second kappa shape index (κ2) is 17.6. The molecule has 1 aromatic carbocycles. The van der Waals surface area contributed by atoms with Gasteiger partial charge in [-0.05, 0) is 74.8 Å². The number of aromatic nitrogens is 3. The molecule has 3 saturated carbocycles. The number of esters is 1. The Morgan fingerprint density at radius 3 is 2.48 bits per heavy atom. The van der Waals surface area contributed by atoms with E-state index in [1.807, 2.05) is 65.1 Å². The van der Waals surface area contributed by atoms with E-state index in [0.717, 1.165) is 32.5 Å². The number of fused-ring (bicyclic) bond motifs is 2. The fourth-order valence-corrected chi connectivity index (χ4v) is 9.74. The Morgan fingerprint density at radius 1 is 1.05 bits per heavy atom. The number of hydrogen-bond acceptors (Lipinski definition) is 12. The van der Waals surface area contributed by atoms with E-state index < -0.39 is 40.8 Å². The number of carboxylic acids is 1. The molecule has 3 aromatic rings. The Kier molecular flexibility index (Phi) is 12.4. The topological polar surface area (TPSA) is 175 Å². The molecule has 0 radical (unpaired) electrons. The molecule has 3 aliphatic carbocycles. The fraction of sp³-hybridized carbons (Fsp3) is 0.617. The van der Waals surface area contributed by atoms with Gasteiger partial charge in [-0.25, -0.2) is 9.67 Å². The SMILES string of the molecule is C=C[C@@H]1C[C@]1(CC(=O)[C@@H]1C[C@@H](Oc2cc(-n3ccc(NC(C)C)n3)nc3cc(OCCN4CCOCC4)ccc23)CN1C(=O)[C@@H](CC(=O)OC1CC2C[C@H]2C1)C(C)(C)C)C(=O)O. The maximum absolute atomic E-state index is 14.9. The van der Waals surface area contributed by atoms with E-state index in [0.29, 0.717) is 72.1 Å². The van der Waals surface area contributed by atoms with Crippen LogP contribution in [0.1, 0.15) is 79.6 Å². The van der Waals surface area contributed by atoms with Gasteiger partial charge in [0, 0.05) is 68.3 Å². The van der Waals surface area contributed by atoms with Gasteiger partial charge in [0.25, 0.3) is 0 Å². The van der Waals surface area contributed by atoms with Gasteiger partial charge in [0.05, 0.1) is 49.1 Å². The highest BCUT2D eigenvalue weighted by atomic mass is 16.5. The molecule has 0 bridgehead atoms. The third kappa shape index (κ3) is 9.63. The van der Waals surface area contributed by atoms with Crippen LogP contribution < -0.4 is 14.8 Å². The molecule has 5 aliphatic rings. The van der Waals surface area contributed by atoms with E-state index in [-0.39, 0.29) is 55.6 Å². The number of benzene rings is 1. The first kappa shape index (κ1) is 43.6. The van der Waals surface area contributed by atoms with Crippen LogP contribution in [-0.2, 0) is 28.7 Å². The predicted molar refractivity (Wildman–Crippen MR) is 231 cm³/mol. The number of anilines is 1. The molecule has 334 valence electrons. The van der Waals surface area contributed by atoms with Gasteiger partial charge in [-0.2, -0.15) is 0 Å². The molecule has 2 aromatic heterocycles. The van der Waals surface area contributed by atoms with Crippen molar-refractivity contribution in [3.63, 3.8) is 0 Å². The number of rotatable bonds is 18. The molecular weight excluding hydrogens is 793 g/mol. The number of carbonyl (C=O) groups is 4. The number of carboxylic acid groups (broad SMARTS) is 1. The van der Waals surface area contributed by atoms with Crippen molar-refractivity contribution in [3.8, 4) is 17.3 Å². The van der Waals surface area contributed by atoms with Gasteiger partial charge in [-0.1, -0.05) is 26.8 Å². The van der Waals surface area contributed by atoms with Crippen LogP contribution in [0.5, 0.6) is 11.5 Å². The Labute approximate surface area is 363 Å². The molecule has 0 spiro atoms. The number of ketones is 1. The number of Topliss-reactive ketones (excluding diaryl/α,β-unsaturated/α-hetero) is 1. The third-order valence-corrected chi connectivity index (χ3v) is 13.5. The lowest BCUT2D eigenvalue weighted by molar-refractivity contribution is -0.157. The van der Waals surface area contributed by atoms with Crippen LogP contribution in [-0.4, -0.2) is 124 Å². The highest BCUT2D eigenvalue weighted by Gasteiger charge is 2.61. The monoisotopic (exact) mass is 854 g/mol. The number of hydrogen-bond donors (Lipinski definition) is 2. The highest BCUT2D eigenvalue weighted by molar-refractivity contribution is 5.95. The summed E-state index contributed by atoms with van der Waals surface area (Å²) < 4.78 is 26.1.